The first-order valence-electron chi connectivity index (χ1n) is 7.86. The molecule has 0 spiro atoms. The summed E-state index contributed by atoms with van der Waals surface area (Å²) < 4.78 is 11.4. The van der Waals surface area contributed by atoms with Crippen molar-refractivity contribution in [2.45, 2.75) is 64.4 Å². The van der Waals surface area contributed by atoms with E-state index >= 15 is 0 Å². The van der Waals surface area contributed by atoms with Gasteiger partial charge in [0, 0.05) is 12.6 Å². The van der Waals surface area contributed by atoms with Crippen LogP contribution in [0.1, 0.15) is 46.5 Å². The zero-order valence-electron chi connectivity index (χ0n) is 12.8. The Morgan fingerprint density at radius 2 is 2.11 bits per heavy atom. The topological polar surface area (TPSA) is 33.7 Å². The van der Waals surface area contributed by atoms with Gasteiger partial charge >= 0.3 is 0 Å². The molecule has 2 saturated heterocycles. The molecule has 0 radical (unpaired) electrons. The first kappa shape index (κ1) is 15.2. The Balaban J connectivity index is 1.66. The van der Waals surface area contributed by atoms with Crippen LogP contribution < -0.4 is 5.32 Å². The molecule has 1 N–H and O–H groups in total. The standard InChI is InChI=1S/C15H30N2O2/c1-4-8-17-9-5-6-13(7-10-17)16-11-14-12-18-15(2,3)19-14/h13-14,16H,4-12H2,1-3H3. The number of hydrogen-bond donors (Lipinski definition) is 1. The van der Waals surface area contributed by atoms with Crippen molar-refractivity contribution in [3.05, 3.63) is 0 Å². The van der Waals surface area contributed by atoms with Gasteiger partial charge in [-0.1, -0.05) is 6.92 Å². The first-order chi connectivity index (χ1) is 9.09. The van der Waals surface area contributed by atoms with Crippen LogP contribution in [0.4, 0.5) is 0 Å². The number of rotatable bonds is 5. The van der Waals surface area contributed by atoms with Crippen molar-refractivity contribution >= 4 is 0 Å². The molecule has 0 saturated carbocycles. The molecule has 0 bridgehead atoms. The minimum atomic E-state index is -0.395. The molecule has 2 atom stereocenters. The molecular formula is C15H30N2O2. The van der Waals surface area contributed by atoms with Crippen LogP contribution in [0.2, 0.25) is 0 Å². The predicted molar refractivity (Wildman–Crippen MR) is 77.3 cm³/mol. The van der Waals surface area contributed by atoms with Gasteiger partial charge in [-0.05, 0) is 59.2 Å². The molecule has 0 amide bonds. The second-order valence-electron chi connectivity index (χ2n) is 6.33. The molecule has 0 aromatic heterocycles. The molecule has 2 aliphatic rings. The van der Waals surface area contributed by atoms with Gasteiger partial charge in [-0.2, -0.15) is 0 Å². The van der Waals surface area contributed by atoms with Crippen LogP contribution in [0.3, 0.4) is 0 Å². The lowest BCUT2D eigenvalue weighted by Gasteiger charge is -2.21. The maximum Gasteiger partial charge on any atom is 0.163 e. The van der Waals surface area contributed by atoms with Gasteiger partial charge in [-0.3, -0.25) is 0 Å². The monoisotopic (exact) mass is 270 g/mol. The molecule has 0 aliphatic carbocycles. The molecule has 2 unspecified atom stereocenters. The SMILES string of the molecule is CCCN1CCCC(NCC2COC(C)(C)O2)CC1. The van der Waals surface area contributed by atoms with E-state index < -0.39 is 5.79 Å². The first-order valence-corrected chi connectivity index (χ1v) is 7.86. The van der Waals surface area contributed by atoms with Crippen molar-refractivity contribution in [3.63, 3.8) is 0 Å². The van der Waals surface area contributed by atoms with Crippen molar-refractivity contribution in [1.82, 2.24) is 10.2 Å². The normalized spacial score (nSPS) is 32.4. The minimum Gasteiger partial charge on any atom is -0.348 e. The molecule has 19 heavy (non-hydrogen) atoms. The number of likely N-dealkylation sites (tertiary alicyclic amines) is 1. The predicted octanol–water partition coefficient (Wildman–Crippen LogP) is 1.99. The van der Waals surface area contributed by atoms with Crippen LogP contribution in [0.5, 0.6) is 0 Å². The summed E-state index contributed by atoms with van der Waals surface area (Å²) in [5.74, 6) is -0.395. The Morgan fingerprint density at radius 1 is 1.26 bits per heavy atom. The Bertz CT molecular complexity index is 271. The van der Waals surface area contributed by atoms with Gasteiger partial charge < -0.3 is 19.7 Å². The number of nitrogens with one attached hydrogen (secondary N) is 1. The summed E-state index contributed by atoms with van der Waals surface area (Å²) in [4.78, 5) is 2.60. The summed E-state index contributed by atoms with van der Waals surface area (Å²) in [6.07, 6.45) is 5.34. The lowest BCUT2D eigenvalue weighted by atomic mass is 10.1. The number of nitrogens with zero attached hydrogens (tertiary/aromatic N) is 1. The van der Waals surface area contributed by atoms with Crippen LogP contribution >= 0.6 is 0 Å². The van der Waals surface area contributed by atoms with Gasteiger partial charge in [0.05, 0.1) is 12.7 Å². The van der Waals surface area contributed by atoms with Crippen molar-refractivity contribution < 1.29 is 9.47 Å². The van der Waals surface area contributed by atoms with E-state index in [0.717, 1.165) is 6.54 Å². The number of hydrogen-bond acceptors (Lipinski definition) is 4. The molecule has 2 aliphatic heterocycles. The van der Waals surface area contributed by atoms with Crippen LogP contribution in [0.25, 0.3) is 0 Å². The quantitative estimate of drug-likeness (QED) is 0.828. The molecule has 2 fully saturated rings. The van der Waals surface area contributed by atoms with Gasteiger partial charge in [0.15, 0.2) is 5.79 Å². The van der Waals surface area contributed by atoms with E-state index in [-0.39, 0.29) is 6.10 Å². The summed E-state index contributed by atoms with van der Waals surface area (Å²) >= 11 is 0. The molecule has 4 heteroatoms. The highest BCUT2D eigenvalue weighted by molar-refractivity contribution is 4.78. The van der Waals surface area contributed by atoms with Gasteiger partial charge in [0.25, 0.3) is 0 Å². The van der Waals surface area contributed by atoms with E-state index in [9.17, 15) is 0 Å². The third kappa shape index (κ3) is 5.03. The molecule has 2 heterocycles. The van der Waals surface area contributed by atoms with Crippen LogP contribution in [0, 0.1) is 0 Å². The molecule has 0 aromatic rings. The van der Waals surface area contributed by atoms with E-state index in [1.165, 1.54) is 45.3 Å². The largest absolute Gasteiger partial charge is 0.348 e. The van der Waals surface area contributed by atoms with E-state index in [4.69, 9.17) is 9.47 Å². The van der Waals surface area contributed by atoms with Gasteiger partial charge in [0.1, 0.15) is 0 Å². The fourth-order valence-corrected chi connectivity index (χ4v) is 3.06. The smallest absolute Gasteiger partial charge is 0.163 e. The second-order valence-corrected chi connectivity index (χ2v) is 6.33. The van der Waals surface area contributed by atoms with Crippen molar-refractivity contribution in [3.8, 4) is 0 Å². The maximum atomic E-state index is 5.84. The summed E-state index contributed by atoms with van der Waals surface area (Å²) in [5.41, 5.74) is 0. The van der Waals surface area contributed by atoms with Crippen LogP contribution in [-0.2, 0) is 9.47 Å². The average molecular weight is 270 g/mol. The van der Waals surface area contributed by atoms with Crippen molar-refractivity contribution in [2.75, 3.05) is 32.8 Å². The van der Waals surface area contributed by atoms with E-state index in [2.05, 4.69) is 17.1 Å². The van der Waals surface area contributed by atoms with Gasteiger partial charge in [-0.15, -0.1) is 0 Å². The lowest BCUT2D eigenvalue weighted by Crippen LogP contribution is -2.38. The Kier molecular flexibility index (Phi) is 5.63. The summed E-state index contributed by atoms with van der Waals surface area (Å²) in [6, 6.07) is 0.647. The molecule has 2 rings (SSSR count). The molecule has 112 valence electrons. The molecular weight excluding hydrogens is 240 g/mol. The zero-order chi connectivity index (χ0) is 13.7. The third-order valence-electron chi connectivity index (χ3n) is 4.06. The molecule has 0 aromatic carbocycles. The summed E-state index contributed by atoms with van der Waals surface area (Å²) in [6.45, 7) is 11.6. The maximum absolute atomic E-state index is 5.84. The lowest BCUT2D eigenvalue weighted by molar-refractivity contribution is -0.137. The minimum absolute atomic E-state index is 0.213. The Morgan fingerprint density at radius 3 is 2.79 bits per heavy atom. The fourth-order valence-electron chi connectivity index (χ4n) is 3.06. The van der Waals surface area contributed by atoms with Gasteiger partial charge in [-0.25, -0.2) is 0 Å². The highest BCUT2D eigenvalue weighted by Gasteiger charge is 2.32. The molecule has 4 nitrogen and oxygen atoms in total. The van der Waals surface area contributed by atoms with Crippen LogP contribution in [0.15, 0.2) is 0 Å². The summed E-state index contributed by atoms with van der Waals surface area (Å²) in [7, 11) is 0. The fraction of sp³-hybridized carbons (Fsp3) is 1.00. The van der Waals surface area contributed by atoms with Gasteiger partial charge in [0.2, 0.25) is 0 Å². The Hall–Kier alpha value is -0.160. The van der Waals surface area contributed by atoms with E-state index in [1.54, 1.807) is 0 Å². The van der Waals surface area contributed by atoms with Crippen LogP contribution in [-0.4, -0.2) is 55.6 Å². The Labute approximate surface area is 117 Å². The third-order valence-corrected chi connectivity index (χ3v) is 4.06. The summed E-state index contributed by atoms with van der Waals surface area (Å²) in [5, 5.41) is 3.67. The van der Waals surface area contributed by atoms with Crippen molar-refractivity contribution in [1.29, 1.82) is 0 Å². The highest BCUT2D eigenvalue weighted by Crippen LogP contribution is 2.22. The zero-order valence-corrected chi connectivity index (χ0v) is 12.8. The highest BCUT2D eigenvalue weighted by atomic mass is 16.7. The second kappa shape index (κ2) is 7.02. The van der Waals surface area contributed by atoms with Crippen molar-refractivity contribution in [2.24, 2.45) is 0 Å². The van der Waals surface area contributed by atoms with E-state index in [1.807, 2.05) is 13.8 Å². The van der Waals surface area contributed by atoms with E-state index in [0.29, 0.717) is 12.6 Å². The number of ether oxygens (including phenoxy) is 2. The average Bonchev–Trinajstić information content (AvgIpc) is 2.58.